The molecule has 3 rings (SSSR count). The van der Waals surface area contributed by atoms with Gasteiger partial charge in [-0.2, -0.15) is 0 Å². The summed E-state index contributed by atoms with van der Waals surface area (Å²) in [5.74, 6) is -0.00903. The number of carbonyl (C=O) groups excluding carboxylic acids is 1. The maximum absolute atomic E-state index is 11.7. The summed E-state index contributed by atoms with van der Waals surface area (Å²) in [4.78, 5) is 13.7. The Balaban J connectivity index is 2.08. The fourth-order valence-electron chi connectivity index (χ4n) is 2.37. The average Bonchev–Trinajstić information content (AvgIpc) is 2.61. The molecule has 0 unspecified atom stereocenters. The van der Waals surface area contributed by atoms with Gasteiger partial charge in [0, 0.05) is 13.0 Å². The number of aliphatic hydroxyl groups is 1. The fourth-order valence-corrected chi connectivity index (χ4v) is 2.37. The predicted octanol–water partition coefficient (Wildman–Crippen LogP) is 0.578. The molecule has 4 heteroatoms. The maximum atomic E-state index is 11.7. The lowest BCUT2D eigenvalue weighted by molar-refractivity contribution is -0.117. The van der Waals surface area contributed by atoms with Crippen molar-refractivity contribution in [1.82, 2.24) is 0 Å². The zero-order valence-corrected chi connectivity index (χ0v) is 8.18. The second kappa shape index (κ2) is 2.97. The van der Waals surface area contributed by atoms with E-state index in [-0.39, 0.29) is 11.9 Å². The minimum Gasteiger partial charge on any atom is -0.391 e. The molecule has 78 valence electrons. The fraction of sp³-hybridized carbons (Fsp3) is 0.364. The van der Waals surface area contributed by atoms with E-state index in [4.69, 9.17) is 0 Å². The first-order valence-corrected chi connectivity index (χ1v) is 5.10. The Labute approximate surface area is 87.5 Å². The molecule has 1 amide bonds. The molecule has 2 heterocycles. The van der Waals surface area contributed by atoms with Gasteiger partial charge in [-0.05, 0) is 12.1 Å². The zero-order chi connectivity index (χ0) is 10.4. The van der Waals surface area contributed by atoms with Gasteiger partial charge in [-0.25, -0.2) is 0 Å². The number of hydrogen-bond acceptors (Lipinski definition) is 3. The molecule has 2 aliphatic rings. The van der Waals surface area contributed by atoms with E-state index in [1.807, 2.05) is 29.2 Å². The number of anilines is 2. The number of fused-ring (bicyclic) bond motifs is 3. The van der Waals surface area contributed by atoms with Crippen molar-refractivity contribution in [1.29, 1.82) is 0 Å². The quantitative estimate of drug-likeness (QED) is 0.650. The Morgan fingerprint density at radius 2 is 2.20 bits per heavy atom. The molecule has 0 radical (unpaired) electrons. The summed E-state index contributed by atoms with van der Waals surface area (Å²) in [6.07, 6.45) is 0.132. The van der Waals surface area contributed by atoms with E-state index in [0.717, 1.165) is 11.4 Å². The first-order valence-electron chi connectivity index (χ1n) is 5.10. The number of aliphatic hydroxyl groups excluding tert-OH is 1. The molecule has 0 aliphatic carbocycles. The van der Waals surface area contributed by atoms with Crippen molar-refractivity contribution in [3.05, 3.63) is 24.3 Å². The van der Waals surface area contributed by atoms with Crippen LogP contribution in [-0.2, 0) is 4.79 Å². The molecule has 1 aromatic rings. The van der Waals surface area contributed by atoms with Gasteiger partial charge in [-0.15, -0.1) is 0 Å². The van der Waals surface area contributed by atoms with E-state index >= 15 is 0 Å². The Morgan fingerprint density at radius 1 is 1.40 bits per heavy atom. The maximum Gasteiger partial charge on any atom is 0.247 e. The summed E-state index contributed by atoms with van der Waals surface area (Å²) in [6.45, 7) is 0.551. The predicted molar refractivity (Wildman–Crippen MR) is 56.8 cm³/mol. The molecular weight excluding hydrogens is 192 g/mol. The van der Waals surface area contributed by atoms with Crippen molar-refractivity contribution in [2.75, 3.05) is 16.8 Å². The van der Waals surface area contributed by atoms with Crippen LogP contribution in [0, 0.1) is 0 Å². The van der Waals surface area contributed by atoms with Gasteiger partial charge in [0.05, 0.1) is 17.5 Å². The van der Waals surface area contributed by atoms with Gasteiger partial charge in [0.2, 0.25) is 5.91 Å². The molecule has 4 nitrogen and oxygen atoms in total. The lowest BCUT2D eigenvalue weighted by Gasteiger charge is -2.32. The molecule has 1 saturated heterocycles. The zero-order valence-electron chi connectivity index (χ0n) is 8.18. The lowest BCUT2D eigenvalue weighted by atomic mass is 10.1. The van der Waals surface area contributed by atoms with Crippen LogP contribution in [0.5, 0.6) is 0 Å². The summed E-state index contributed by atoms with van der Waals surface area (Å²) < 4.78 is 0. The van der Waals surface area contributed by atoms with Crippen LogP contribution >= 0.6 is 0 Å². The van der Waals surface area contributed by atoms with Gasteiger partial charge in [0.25, 0.3) is 0 Å². The highest BCUT2D eigenvalue weighted by molar-refractivity contribution is 6.04. The number of amides is 1. The van der Waals surface area contributed by atoms with Crippen molar-refractivity contribution in [3.8, 4) is 0 Å². The molecular formula is C11H12N2O2. The van der Waals surface area contributed by atoms with E-state index < -0.39 is 6.10 Å². The first-order chi connectivity index (χ1) is 7.25. The van der Waals surface area contributed by atoms with E-state index in [1.54, 1.807) is 0 Å². The number of benzene rings is 1. The molecule has 2 atom stereocenters. The van der Waals surface area contributed by atoms with Crippen molar-refractivity contribution in [3.63, 3.8) is 0 Å². The number of nitrogens with zero attached hydrogens (tertiary/aromatic N) is 1. The smallest absolute Gasteiger partial charge is 0.247 e. The number of para-hydroxylation sites is 2. The van der Waals surface area contributed by atoms with Crippen molar-refractivity contribution < 1.29 is 9.90 Å². The molecule has 15 heavy (non-hydrogen) atoms. The van der Waals surface area contributed by atoms with E-state index in [1.165, 1.54) is 0 Å². The van der Waals surface area contributed by atoms with Gasteiger partial charge < -0.3 is 15.3 Å². The van der Waals surface area contributed by atoms with Crippen LogP contribution in [0.3, 0.4) is 0 Å². The van der Waals surface area contributed by atoms with Crippen LogP contribution in [0.2, 0.25) is 0 Å². The van der Waals surface area contributed by atoms with Gasteiger partial charge in [-0.3, -0.25) is 4.79 Å². The second-order valence-electron chi connectivity index (χ2n) is 4.06. The van der Waals surface area contributed by atoms with E-state index in [9.17, 15) is 9.90 Å². The van der Waals surface area contributed by atoms with Gasteiger partial charge in [0.15, 0.2) is 0 Å². The summed E-state index contributed by atoms with van der Waals surface area (Å²) in [7, 11) is 0. The number of carbonyl (C=O) groups is 1. The van der Waals surface area contributed by atoms with Crippen LogP contribution in [0.1, 0.15) is 6.42 Å². The van der Waals surface area contributed by atoms with E-state index in [2.05, 4.69) is 5.32 Å². The standard InChI is InChI=1S/C11H12N2O2/c14-7-5-10-11(15)12-8-3-1-2-4-9(8)13(10)6-7/h1-4,7,10,14H,5-6H2,(H,12,15)/t7-,10-/m1/s1. The minimum atomic E-state index is -0.396. The van der Waals surface area contributed by atoms with Crippen molar-refractivity contribution in [2.45, 2.75) is 18.6 Å². The second-order valence-corrected chi connectivity index (χ2v) is 4.06. The van der Waals surface area contributed by atoms with Gasteiger partial charge in [-0.1, -0.05) is 12.1 Å². The SMILES string of the molecule is O=C1Nc2ccccc2N2C[C@H](O)C[C@H]12. The summed E-state index contributed by atoms with van der Waals surface area (Å²) in [6, 6.07) is 7.49. The molecule has 1 aromatic carbocycles. The molecule has 2 aliphatic heterocycles. The molecule has 0 saturated carbocycles. The van der Waals surface area contributed by atoms with Gasteiger partial charge in [0.1, 0.15) is 6.04 Å². The number of rotatable bonds is 0. The van der Waals surface area contributed by atoms with Crippen LogP contribution in [0.25, 0.3) is 0 Å². The highest BCUT2D eigenvalue weighted by atomic mass is 16.3. The number of nitrogens with one attached hydrogen (secondary N) is 1. The molecule has 2 N–H and O–H groups in total. The van der Waals surface area contributed by atoms with Crippen LogP contribution < -0.4 is 10.2 Å². The molecule has 1 fully saturated rings. The van der Waals surface area contributed by atoms with Crippen LogP contribution in [0.15, 0.2) is 24.3 Å². The molecule has 0 bridgehead atoms. The molecule has 0 spiro atoms. The third-order valence-corrected chi connectivity index (χ3v) is 3.05. The van der Waals surface area contributed by atoms with Crippen LogP contribution in [0.4, 0.5) is 11.4 Å². The summed E-state index contributed by atoms with van der Waals surface area (Å²) in [5.41, 5.74) is 1.85. The number of hydrogen-bond donors (Lipinski definition) is 2. The monoisotopic (exact) mass is 204 g/mol. The average molecular weight is 204 g/mol. The first kappa shape index (κ1) is 8.73. The third-order valence-electron chi connectivity index (χ3n) is 3.05. The van der Waals surface area contributed by atoms with Crippen LogP contribution in [-0.4, -0.2) is 29.7 Å². The van der Waals surface area contributed by atoms with Gasteiger partial charge >= 0.3 is 0 Å². The highest BCUT2D eigenvalue weighted by Gasteiger charge is 2.39. The minimum absolute atomic E-state index is 0.00903. The highest BCUT2D eigenvalue weighted by Crippen LogP contribution is 2.36. The summed E-state index contributed by atoms with van der Waals surface area (Å²) >= 11 is 0. The third kappa shape index (κ3) is 1.22. The normalized spacial score (nSPS) is 28.3. The Bertz CT molecular complexity index is 419. The van der Waals surface area contributed by atoms with E-state index in [0.29, 0.717) is 13.0 Å². The Hall–Kier alpha value is -1.55. The largest absolute Gasteiger partial charge is 0.391 e. The molecule has 0 aromatic heterocycles. The van der Waals surface area contributed by atoms with Crippen molar-refractivity contribution in [2.24, 2.45) is 0 Å². The van der Waals surface area contributed by atoms with Crippen molar-refractivity contribution >= 4 is 17.3 Å². The Morgan fingerprint density at radius 3 is 3.07 bits per heavy atom. The summed E-state index contributed by atoms with van der Waals surface area (Å²) in [5, 5.41) is 12.4. The Kier molecular flexibility index (Phi) is 1.73. The topological polar surface area (TPSA) is 52.6 Å². The lowest BCUT2D eigenvalue weighted by Crippen LogP contribution is -2.43.